The van der Waals surface area contributed by atoms with Crippen LogP contribution < -0.4 is 4.90 Å². The van der Waals surface area contributed by atoms with Crippen molar-refractivity contribution in [1.82, 2.24) is 0 Å². The minimum Gasteiger partial charge on any atom is -0.374 e. The lowest BCUT2D eigenvalue weighted by Crippen LogP contribution is -2.26. The molecule has 0 aromatic heterocycles. The molecule has 1 saturated carbocycles. The molecule has 0 amide bonds. The van der Waals surface area contributed by atoms with E-state index in [9.17, 15) is 14.9 Å². The van der Waals surface area contributed by atoms with E-state index in [1.807, 2.05) is 7.05 Å². The number of nitro groups is 1. The quantitative estimate of drug-likeness (QED) is 0.470. The molecule has 21 heavy (non-hydrogen) atoms. The Morgan fingerprint density at radius 2 is 2.00 bits per heavy atom. The van der Waals surface area contributed by atoms with Gasteiger partial charge in [0.25, 0.3) is 5.69 Å². The molecule has 1 aliphatic carbocycles. The number of rotatable bonds is 5. The van der Waals surface area contributed by atoms with Crippen molar-refractivity contribution in [2.45, 2.75) is 39.0 Å². The molecule has 0 atom stereocenters. The van der Waals surface area contributed by atoms with Crippen LogP contribution in [0.5, 0.6) is 0 Å². The largest absolute Gasteiger partial charge is 0.374 e. The zero-order valence-electron chi connectivity index (χ0n) is 12.7. The topological polar surface area (TPSA) is 63.5 Å². The molecule has 5 nitrogen and oxygen atoms in total. The molecule has 0 N–H and O–H groups in total. The standard InChI is InChI=1S/C16H22N2O3/c1-12(19)15-9-8-14(10-16(15)18(20)21)17(2)11-13-6-4-3-5-7-13/h8-10,13H,3-7,11H2,1-2H3. The third kappa shape index (κ3) is 3.80. The summed E-state index contributed by atoms with van der Waals surface area (Å²) in [5, 5.41) is 11.1. The molecule has 114 valence electrons. The minimum absolute atomic E-state index is 0.101. The summed E-state index contributed by atoms with van der Waals surface area (Å²) < 4.78 is 0. The summed E-state index contributed by atoms with van der Waals surface area (Å²) in [6.45, 7) is 2.27. The van der Waals surface area contributed by atoms with Gasteiger partial charge >= 0.3 is 0 Å². The van der Waals surface area contributed by atoms with Crippen LogP contribution in [0.1, 0.15) is 49.4 Å². The fraction of sp³-hybridized carbons (Fsp3) is 0.562. The van der Waals surface area contributed by atoms with Gasteiger partial charge in [0.15, 0.2) is 5.78 Å². The lowest BCUT2D eigenvalue weighted by Gasteiger charge is -2.28. The lowest BCUT2D eigenvalue weighted by atomic mass is 9.89. The molecule has 1 aliphatic rings. The predicted molar refractivity (Wildman–Crippen MR) is 82.9 cm³/mol. The molecule has 1 aromatic rings. The Morgan fingerprint density at radius 1 is 1.33 bits per heavy atom. The van der Waals surface area contributed by atoms with Gasteiger partial charge in [0.2, 0.25) is 0 Å². The molecule has 2 rings (SSSR count). The highest BCUT2D eigenvalue weighted by Gasteiger charge is 2.20. The van der Waals surface area contributed by atoms with Crippen molar-refractivity contribution in [1.29, 1.82) is 0 Å². The third-order valence-electron chi connectivity index (χ3n) is 4.25. The Bertz CT molecular complexity index is 536. The van der Waals surface area contributed by atoms with Crippen molar-refractivity contribution in [2.24, 2.45) is 5.92 Å². The molecule has 5 heteroatoms. The van der Waals surface area contributed by atoms with E-state index in [0.717, 1.165) is 12.2 Å². The number of hydrogen-bond donors (Lipinski definition) is 0. The van der Waals surface area contributed by atoms with Gasteiger partial charge < -0.3 is 4.90 Å². The van der Waals surface area contributed by atoms with Crippen molar-refractivity contribution in [3.63, 3.8) is 0 Å². The van der Waals surface area contributed by atoms with E-state index in [1.165, 1.54) is 45.1 Å². The van der Waals surface area contributed by atoms with Gasteiger partial charge in [-0.05, 0) is 37.8 Å². The first-order valence-electron chi connectivity index (χ1n) is 7.49. The van der Waals surface area contributed by atoms with E-state index in [2.05, 4.69) is 4.90 Å². The van der Waals surface area contributed by atoms with Crippen LogP contribution in [0, 0.1) is 16.0 Å². The molecule has 0 spiro atoms. The van der Waals surface area contributed by atoms with Crippen LogP contribution in [0.25, 0.3) is 0 Å². The lowest BCUT2D eigenvalue weighted by molar-refractivity contribution is -0.385. The molecule has 0 aliphatic heterocycles. The number of hydrogen-bond acceptors (Lipinski definition) is 4. The number of carbonyl (C=O) groups excluding carboxylic acids is 1. The Labute approximate surface area is 125 Å². The van der Waals surface area contributed by atoms with E-state index >= 15 is 0 Å². The summed E-state index contributed by atoms with van der Waals surface area (Å²) in [7, 11) is 1.96. The molecule has 1 aromatic carbocycles. The summed E-state index contributed by atoms with van der Waals surface area (Å²) in [5.41, 5.74) is 0.877. The fourth-order valence-corrected chi connectivity index (χ4v) is 3.07. The first-order valence-corrected chi connectivity index (χ1v) is 7.49. The molecular weight excluding hydrogens is 268 g/mol. The number of Topliss-reactive ketones (excluding diaryl/α,β-unsaturated/α-hetero) is 1. The fourth-order valence-electron chi connectivity index (χ4n) is 3.07. The number of anilines is 1. The van der Waals surface area contributed by atoms with E-state index in [1.54, 1.807) is 12.1 Å². The van der Waals surface area contributed by atoms with Gasteiger partial charge in [-0.2, -0.15) is 0 Å². The minimum atomic E-state index is -0.477. The molecule has 0 bridgehead atoms. The molecule has 1 fully saturated rings. The van der Waals surface area contributed by atoms with Crippen LogP contribution >= 0.6 is 0 Å². The summed E-state index contributed by atoms with van der Waals surface area (Å²) >= 11 is 0. The maximum atomic E-state index is 11.5. The van der Waals surface area contributed by atoms with Crippen molar-refractivity contribution < 1.29 is 9.72 Å². The Kier molecular flexibility index (Phi) is 4.94. The summed E-state index contributed by atoms with van der Waals surface area (Å²) in [6.07, 6.45) is 6.35. The number of nitrogens with zero attached hydrogens (tertiary/aromatic N) is 2. The second-order valence-electron chi connectivity index (χ2n) is 5.90. The van der Waals surface area contributed by atoms with Crippen LogP contribution in [-0.4, -0.2) is 24.3 Å². The smallest absolute Gasteiger partial charge is 0.282 e. The third-order valence-corrected chi connectivity index (χ3v) is 4.25. The van der Waals surface area contributed by atoms with E-state index in [4.69, 9.17) is 0 Å². The van der Waals surface area contributed by atoms with Gasteiger partial charge in [-0.15, -0.1) is 0 Å². The van der Waals surface area contributed by atoms with E-state index in [-0.39, 0.29) is 17.0 Å². The maximum Gasteiger partial charge on any atom is 0.282 e. The number of benzene rings is 1. The highest BCUT2D eigenvalue weighted by atomic mass is 16.6. The monoisotopic (exact) mass is 290 g/mol. The number of ketones is 1. The van der Waals surface area contributed by atoms with Crippen LogP contribution in [0.4, 0.5) is 11.4 Å². The zero-order chi connectivity index (χ0) is 15.4. The van der Waals surface area contributed by atoms with E-state index < -0.39 is 4.92 Å². The van der Waals surface area contributed by atoms with Crippen molar-refractivity contribution >= 4 is 17.2 Å². The molecule has 0 saturated heterocycles. The van der Waals surface area contributed by atoms with Crippen LogP contribution in [0.15, 0.2) is 18.2 Å². The highest BCUT2D eigenvalue weighted by Crippen LogP contribution is 2.29. The van der Waals surface area contributed by atoms with Gasteiger partial charge in [0.05, 0.1) is 10.5 Å². The molecule has 0 unspecified atom stereocenters. The first-order chi connectivity index (χ1) is 9.99. The maximum absolute atomic E-state index is 11.5. The van der Waals surface area contributed by atoms with Gasteiger partial charge in [0.1, 0.15) is 0 Å². The SMILES string of the molecule is CC(=O)c1ccc(N(C)CC2CCCCC2)cc1[N+](=O)[O-]. The van der Waals surface area contributed by atoms with Crippen LogP contribution in [0.2, 0.25) is 0 Å². The first kappa shape index (κ1) is 15.5. The average Bonchev–Trinajstić information content (AvgIpc) is 2.47. The van der Waals surface area contributed by atoms with Gasteiger partial charge in [-0.1, -0.05) is 19.3 Å². The van der Waals surface area contributed by atoms with E-state index in [0.29, 0.717) is 5.92 Å². The summed E-state index contributed by atoms with van der Waals surface area (Å²) in [5.74, 6) is 0.387. The Morgan fingerprint density at radius 3 is 2.57 bits per heavy atom. The highest BCUT2D eigenvalue weighted by molar-refractivity contribution is 5.98. The van der Waals surface area contributed by atoms with Crippen LogP contribution in [-0.2, 0) is 0 Å². The number of nitro benzene ring substituents is 1. The summed E-state index contributed by atoms with van der Waals surface area (Å²) in [4.78, 5) is 24.2. The number of carbonyl (C=O) groups is 1. The molecule has 0 radical (unpaired) electrons. The van der Waals surface area contributed by atoms with Crippen molar-refractivity contribution in [2.75, 3.05) is 18.5 Å². The Hall–Kier alpha value is -1.91. The van der Waals surface area contributed by atoms with Crippen molar-refractivity contribution in [3.8, 4) is 0 Å². The molecular formula is C16H22N2O3. The normalized spacial score (nSPS) is 15.7. The van der Waals surface area contributed by atoms with Crippen molar-refractivity contribution in [3.05, 3.63) is 33.9 Å². The summed E-state index contributed by atoms with van der Waals surface area (Å²) in [6, 6.07) is 4.87. The Balaban J connectivity index is 2.17. The second-order valence-corrected chi connectivity index (χ2v) is 5.90. The van der Waals surface area contributed by atoms with Gasteiger partial charge in [-0.25, -0.2) is 0 Å². The zero-order valence-corrected chi connectivity index (χ0v) is 12.7. The van der Waals surface area contributed by atoms with Crippen LogP contribution in [0.3, 0.4) is 0 Å². The van der Waals surface area contributed by atoms with Gasteiger partial charge in [0, 0.05) is 25.3 Å². The molecule has 0 heterocycles. The second kappa shape index (κ2) is 6.70. The van der Waals surface area contributed by atoms with Gasteiger partial charge in [-0.3, -0.25) is 14.9 Å². The predicted octanol–water partition coefficient (Wildman–Crippen LogP) is 3.81. The average molecular weight is 290 g/mol.